The summed E-state index contributed by atoms with van der Waals surface area (Å²) in [4.78, 5) is 15.4. The molecule has 0 aliphatic rings. The number of imidazole rings is 1. The third-order valence-electron chi connectivity index (χ3n) is 3.15. The summed E-state index contributed by atoms with van der Waals surface area (Å²) in [7, 11) is 0. The Morgan fingerprint density at radius 1 is 1.52 bits per heavy atom. The van der Waals surface area contributed by atoms with E-state index in [1.807, 2.05) is 19.1 Å². The normalized spacial score (nSPS) is 11.0. The Morgan fingerprint density at radius 2 is 2.30 bits per heavy atom. The molecule has 2 heterocycles. The van der Waals surface area contributed by atoms with Crippen molar-refractivity contribution in [3.05, 3.63) is 35.2 Å². The van der Waals surface area contributed by atoms with Crippen LogP contribution in [0.2, 0.25) is 0 Å². The van der Waals surface area contributed by atoms with E-state index in [1.54, 1.807) is 22.7 Å². The van der Waals surface area contributed by atoms with E-state index >= 15 is 0 Å². The summed E-state index contributed by atoms with van der Waals surface area (Å²) < 4.78 is 7.25. The van der Waals surface area contributed by atoms with E-state index in [-0.39, 0.29) is 12.5 Å². The van der Waals surface area contributed by atoms with Crippen LogP contribution in [-0.4, -0.2) is 27.1 Å². The second kappa shape index (κ2) is 7.10. The van der Waals surface area contributed by atoms with Crippen molar-refractivity contribution in [1.82, 2.24) is 9.38 Å². The minimum Gasteiger partial charge on any atom is -0.477 e. The smallest absolute Gasteiger partial charge is 0.346 e. The molecule has 1 N–H and O–H groups in total. The van der Waals surface area contributed by atoms with Gasteiger partial charge in [-0.1, -0.05) is 6.07 Å². The Morgan fingerprint density at radius 3 is 2.96 bits per heavy atom. The number of hydrogen-bond acceptors (Lipinski definition) is 5. The SMILES string of the molecule is Cc1cccn2c(/C=C(\C#N)C(=O)O)c(OCCCC#N)nc12. The summed E-state index contributed by atoms with van der Waals surface area (Å²) in [6.45, 7) is 2.16. The number of nitriles is 2. The van der Waals surface area contributed by atoms with Gasteiger partial charge in [-0.2, -0.15) is 15.5 Å². The average molecular weight is 310 g/mol. The summed E-state index contributed by atoms with van der Waals surface area (Å²) in [6, 6.07) is 7.34. The second-order valence-corrected chi connectivity index (χ2v) is 4.77. The minimum atomic E-state index is -1.31. The Hall–Kier alpha value is -3.32. The molecule has 0 aromatic carbocycles. The number of aryl methyl sites for hydroxylation is 1. The zero-order valence-electron chi connectivity index (χ0n) is 12.5. The van der Waals surface area contributed by atoms with Gasteiger partial charge in [0.25, 0.3) is 0 Å². The number of ether oxygens (including phenoxy) is 1. The largest absolute Gasteiger partial charge is 0.477 e. The molecule has 0 unspecified atom stereocenters. The monoisotopic (exact) mass is 310 g/mol. The summed E-state index contributed by atoms with van der Waals surface area (Å²) in [5.74, 6) is -1.07. The highest BCUT2D eigenvalue weighted by molar-refractivity contribution is 5.96. The third kappa shape index (κ3) is 3.47. The van der Waals surface area contributed by atoms with E-state index in [1.165, 1.54) is 6.08 Å². The maximum absolute atomic E-state index is 11.1. The number of unbranched alkanes of at least 4 members (excludes halogenated alkanes) is 1. The van der Waals surface area contributed by atoms with Gasteiger partial charge >= 0.3 is 5.97 Å². The molecule has 0 aliphatic heterocycles. The van der Waals surface area contributed by atoms with Gasteiger partial charge in [0, 0.05) is 12.6 Å². The molecule has 116 valence electrons. The van der Waals surface area contributed by atoms with Crippen LogP contribution in [0.25, 0.3) is 11.7 Å². The van der Waals surface area contributed by atoms with Crippen molar-refractivity contribution < 1.29 is 14.6 Å². The lowest BCUT2D eigenvalue weighted by molar-refractivity contribution is -0.132. The molecule has 7 heteroatoms. The fourth-order valence-electron chi connectivity index (χ4n) is 2.04. The number of pyridine rings is 1. The van der Waals surface area contributed by atoms with E-state index in [9.17, 15) is 4.79 Å². The maximum atomic E-state index is 11.1. The van der Waals surface area contributed by atoms with Crippen molar-refractivity contribution in [2.75, 3.05) is 6.61 Å². The molecule has 0 fully saturated rings. The standard InChI is InChI=1S/C16H14N4O3/c1-11-5-4-7-20-13(9-12(10-18)16(21)22)15(19-14(11)20)23-8-3-2-6-17/h4-5,7,9H,2-3,8H2,1H3,(H,21,22)/b12-9+. The lowest BCUT2D eigenvalue weighted by Gasteiger charge is -2.03. The molecule has 0 radical (unpaired) electrons. The van der Waals surface area contributed by atoms with Gasteiger partial charge in [0.05, 0.1) is 12.7 Å². The highest BCUT2D eigenvalue weighted by Crippen LogP contribution is 2.24. The van der Waals surface area contributed by atoms with Crippen molar-refractivity contribution in [2.45, 2.75) is 19.8 Å². The number of nitrogens with zero attached hydrogens (tertiary/aromatic N) is 4. The van der Waals surface area contributed by atoms with Crippen molar-refractivity contribution in [2.24, 2.45) is 0 Å². The van der Waals surface area contributed by atoms with E-state index in [0.717, 1.165) is 5.56 Å². The van der Waals surface area contributed by atoms with Gasteiger partial charge in [0.2, 0.25) is 5.88 Å². The van der Waals surface area contributed by atoms with Gasteiger partial charge in [-0.25, -0.2) is 4.79 Å². The number of carboxylic acids is 1. The molecule has 0 bridgehead atoms. The van der Waals surface area contributed by atoms with Crippen LogP contribution >= 0.6 is 0 Å². The third-order valence-corrected chi connectivity index (χ3v) is 3.15. The van der Waals surface area contributed by atoms with Crippen LogP contribution in [0.1, 0.15) is 24.1 Å². The first kappa shape index (κ1) is 16.1. The zero-order chi connectivity index (χ0) is 16.8. The van der Waals surface area contributed by atoms with Gasteiger partial charge in [0.1, 0.15) is 23.0 Å². The molecule has 0 aliphatic carbocycles. The van der Waals surface area contributed by atoms with E-state index in [2.05, 4.69) is 4.98 Å². The Labute approximate surface area is 132 Å². The molecule has 0 amide bonds. The fraction of sp³-hybridized carbons (Fsp3) is 0.250. The topological polar surface area (TPSA) is 111 Å². The number of carbonyl (C=O) groups is 1. The minimum absolute atomic E-state index is 0.242. The van der Waals surface area contributed by atoms with Crippen LogP contribution in [0.3, 0.4) is 0 Å². The molecule has 0 saturated carbocycles. The van der Waals surface area contributed by atoms with Crippen LogP contribution in [0, 0.1) is 29.6 Å². The number of rotatable bonds is 6. The highest BCUT2D eigenvalue weighted by Gasteiger charge is 2.16. The quantitative estimate of drug-likeness (QED) is 0.498. The predicted octanol–water partition coefficient (Wildman–Crippen LogP) is 2.32. The molecule has 2 aromatic heterocycles. The Bertz CT molecular complexity index is 853. The molecule has 2 aromatic rings. The van der Waals surface area contributed by atoms with Crippen LogP contribution in [0.5, 0.6) is 5.88 Å². The number of hydrogen-bond donors (Lipinski definition) is 1. The molecule has 23 heavy (non-hydrogen) atoms. The Balaban J connectivity index is 2.51. The lowest BCUT2D eigenvalue weighted by Crippen LogP contribution is -2.01. The van der Waals surface area contributed by atoms with Crippen molar-refractivity contribution in [3.8, 4) is 18.0 Å². The van der Waals surface area contributed by atoms with Crippen molar-refractivity contribution in [1.29, 1.82) is 10.5 Å². The van der Waals surface area contributed by atoms with Gasteiger partial charge < -0.3 is 9.84 Å². The number of carboxylic acid groups (broad SMARTS) is 1. The van der Waals surface area contributed by atoms with Crippen molar-refractivity contribution >= 4 is 17.7 Å². The fourth-order valence-corrected chi connectivity index (χ4v) is 2.04. The number of aliphatic carboxylic acids is 1. The van der Waals surface area contributed by atoms with Crippen LogP contribution < -0.4 is 4.74 Å². The number of fused-ring (bicyclic) bond motifs is 1. The van der Waals surface area contributed by atoms with Crippen LogP contribution in [0.4, 0.5) is 0 Å². The molecule has 7 nitrogen and oxygen atoms in total. The van der Waals surface area contributed by atoms with E-state index < -0.39 is 11.5 Å². The van der Waals surface area contributed by atoms with Gasteiger partial charge in [-0.05, 0) is 31.1 Å². The van der Waals surface area contributed by atoms with E-state index in [0.29, 0.717) is 24.2 Å². The summed E-state index contributed by atoms with van der Waals surface area (Å²) >= 11 is 0. The first-order valence-electron chi connectivity index (χ1n) is 6.91. The average Bonchev–Trinajstić information content (AvgIpc) is 2.88. The summed E-state index contributed by atoms with van der Waals surface area (Å²) in [6.07, 6.45) is 3.86. The van der Waals surface area contributed by atoms with E-state index in [4.69, 9.17) is 20.4 Å². The first-order chi connectivity index (χ1) is 11.1. The van der Waals surface area contributed by atoms with Crippen molar-refractivity contribution in [3.63, 3.8) is 0 Å². The molecule has 0 atom stereocenters. The second-order valence-electron chi connectivity index (χ2n) is 4.77. The lowest BCUT2D eigenvalue weighted by atomic mass is 10.2. The van der Waals surface area contributed by atoms with Gasteiger partial charge in [-0.15, -0.1) is 0 Å². The van der Waals surface area contributed by atoms with Crippen LogP contribution in [-0.2, 0) is 4.79 Å². The van der Waals surface area contributed by atoms with Gasteiger partial charge in [0.15, 0.2) is 0 Å². The number of aromatic nitrogens is 2. The molecular formula is C16H14N4O3. The zero-order valence-corrected chi connectivity index (χ0v) is 12.5. The maximum Gasteiger partial charge on any atom is 0.346 e. The van der Waals surface area contributed by atoms with Crippen LogP contribution in [0.15, 0.2) is 23.9 Å². The molecule has 0 saturated heterocycles. The highest BCUT2D eigenvalue weighted by atomic mass is 16.5. The molecule has 0 spiro atoms. The molecule has 2 rings (SSSR count). The summed E-state index contributed by atoms with van der Waals surface area (Å²) in [5, 5.41) is 26.5. The van der Waals surface area contributed by atoms with Gasteiger partial charge in [-0.3, -0.25) is 4.40 Å². The molecular weight excluding hydrogens is 296 g/mol. The predicted molar refractivity (Wildman–Crippen MR) is 81.5 cm³/mol. The first-order valence-corrected chi connectivity index (χ1v) is 6.91. The summed E-state index contributed by atoms with van der Waals surface area (Å²) in [5.41, 5.74) is 1.49. The Kier molecular flexibility index (Phi) is 4.96.